The van der Waals surface area contributed by atoms with E-state index in [0.717, 1.165) is 29.0 Å². The Hall–Kier alpha value is -5.88. The summed E-state index contributed by atoms with van der Waals surface area (Å²) < 4.78 is 57.7. The number of sulfonamides is 1. The van der Waals surface area contributed by atoms with Gasteiger partial charge in [-0.1, -0.05) is 54.6 Å². The molecule has 0 aromatic heterocycles. The van der Waals surface area contributed by atoms with Crippen LogP contribution in [0, 0.1) is 5.82 Å². The van der Waals surface area contributed by atoms with Gasteiger partial charge in [0.15, 0.2) is 6.61 Å². The number of ether oxygens (including phenoxy) is 3. The number of amides is 2. The quantitative estimate of drug-likeness (QED) is 0.126. The highest BCUT2D eigenvalue weighted by Crippen LogP contribution is 2.26. The van der Waals surface area contributed by atoms with Crippen LogP contribution >= 0.6 is 0 Å². The number of carbonyl (C=O) groups is 2. The lowest BCUT2D eigenvalue weighted by molar-refractivity contribution is -0.143. The van der Waals surface area contributed by atoms with Crippen LogP contribution in [0.3, 0.4) is 0 Å². The molecule has 10 nitrogen and oxygen atoms in total. The predicted octanol–water partition coefficient (Wildman–Crippen LogP) is 6.15. The first-order chi connectivity index (χ1) is 24.6. The summed E-state index contributed by atoms with van der Waals surface area (Å²) in [6, 6.07) is 33.3. The van der Waals surface area contributed by atoms with Crippen molar-refractivity contribution in [2.24, 2.45) is 0 Å². The number of carbonyl (C=O) groups excluding carboxylic acids is 2. The zero-order valence-corrected chi connectivity index (χ0v) is 28.9. The van der Waals surface area contributed by atoms with Gasteiger partial charge in [-0.25, -0.2) is 12.8 Å². The minimum atomic E-state index is -3.97. The van der Waals surface area contributed by atoms with Crippen LogP contribution in [0.5, 0.6) is 17.2 Å². The summed E-state index contributed by atoms with van der Waals surface area (Å²) in [6.45, 7) is -0.0107. The highest BCUT2D eigenvalue weighted by molar-refractivity contribution is 7.92. The van der Waals surface area contributed by atoms with Gasteiger partial charge >= 0.3 is 0 Å². The van der Waals surface area contributed by atoms with Crippen LogP contribution in [0.1, 0.15) is 22.7 Å². The number of methoxy groups -OCH3 is 2. The Bertz CT molecular complexity index is 1990. The maximum absolute atomic E-state index is 14.0. The first-order valence-corrected chi connectivity index (χ1v) is 17.5. The Kier molecular flexibility index (Phi) is 12.3. The van der Waals surface area contributed by atoms with Gasteiger partial charge in [0.1, 0.15) is 29.1 Å². The van der Waals surface area contributed by atoms with Crippen molar-refractivity contribution in [2.45, 2.75) is 23.9 Å². The van der Waals surface area contributed by atoms with Gasteiger partial charge in [-0.2, -0.15) is 0 Å². The molecule has 0 saturated carbocycles. The van der Waals surface area contributed by atoms with Gasteiger partial charge in [0, 0.05) is 18.8 Å². The van der Waals surface area contributed by atoms with Crippen LogP contribution < -0.4 is 24.2 Å². The third-order valence-corrected chi connectivity index (χ3v) is 9.37. The molecule has 0 fully saturated rings. The molecule has 0 saturated heterocycles. The minimum absolute atomic E-state index is 0.0536. The molecule has 5 aromatic carbocycles. The maximum Gasteiger partial charge on any atom is 0.261 e. The second-order valence-electron chi connectivity index (χ2n) is 11.4. The Morgan fingerprint density at radius 2 is 1.29 bits per heavy atom. The number of halogens is 1. The van der Waals surface area contributed by atoms with E-state index in [1.54, 1.807) is 50.6 Å². The van der Waals surface area contributed by atoms with E-state index in [1.807, 2.05) is 42.5 Å². The van der Waals surface area contributed by atoms with E-state index >= 15 is 0 Å². The average molecular weight is 712 g/mol. The van der Waals surface area contributed by atoms with E-state index in [-0.39, 0.29) is 28.8 Å². The third-order valence-electron chi connectivity index (χ3n) is 7.97. The Labute approximate surface area is 296 Å². The van der Waals surface area contributed by atoms with Crippen molar-refractivity contribution in [3.05, 3.63) is 150 Å². The average Bonchev–Trinajstić information content (AvgIpc) is 3.15. The number of hydrogen-bond acceptors (Lipinski definition) is 7. The van der Waals surface area contributed by atoms with E-state index in [2.05, 4.69) is 10.0 Å². The predicted molar refractivity (Wildman–Crippen MR) is 192 cm³/mol. The molecule has 0 unspecified atom stereocenters. The van der Waals surface area contributed by atoms with E-state index in [9.17, 15) is 22.4 Å². The molecule has 2 amide bonds. The third kappa shape index (κ3) is 10.1. The maximum atomic E-state index is 14.0. The number of anilines is 1. The molecule has 0 bridgehead atoms. The molecular weight excluding hydrogens is 674 g/mol. The molecule has 0 radical (unpaired) electrons. The summed E-state index contributed by atoms with van der Waals surface area (Å²) in [5, 5.41) is 3.01. The van der Waals surface area contributed by atoms with Crippen LogP contribution in [0.2, 0.25) is 0 Å². The molecule has 2 N–H and O–H groups in total. The smallest absolute Gasteiger partial charge is 0.261 e. The second kappa shape index (κ2) is 17.2. The lowest BCUT2D eigenvalue weighted by Crippen LogP contribution is -2.45. The van der Waals surface area contributed by atoms with Crippen molar-refractivity contribution in [2.75, 3.05) is 32.1 Å². The fourth-order valence-electron chi connectivity index (χ4n) is 5.25. The highest BCUT2D eigenvalue weighted by Gasteiger charge is 2.32. The van der Waals surface area contributed by atoms with Gasteiger partial charge < -0.3 is 24.4 Å². The van der Waals surface area contributed by atoms with Crippen LogP contribution in [0.15, 0.2) is 132 Å². The standard InChI is InChI=1S/C39H38FN3O7S/c1-48-33-16-8-28(9-17-33)24-25-41-39(45)38(30-6-4-3-5-7-30)43(26-29-10-18-34(49-2)19-11-29)37(44)27-50-35-20-22-36(23-21-35)51(46,47)42-32-14-12-31(40)13-15-32/h3-23,38,42H,24-27H2,1-2H3,(H,41,45)/t38-/m1/s1. The molecule has 0 spiro atoms. The zero-order chi connectivity index (χ0) is 36.2. The molecule has 264 valence electrons. The number of nitrogens with one attached hydrogen (secondary N) is 2. The van der Waals surface area contributed by atoms with Gasteiger partial charge in [0.2, 0.25) is 5.91 Å². The number of hydrogen-bond donors (Lipinski definition) is 2. The number of nitrogens with zero attached hydrogens (tertiary/aromatic N) is 1. The zero-order valence-electron chi connectivity index (χ0n) is 28.1. The van der Waals surface area contributed by atoms with Crippen molar-refractivity contribution in [3.63, 3.8) is 0 Å². The van der Waals surface area contributed by atoms with Crippen molar-refractivity contribution < 1.29 is 36.6 Å². The highest BCUT2D eigenvalue weighted by atomic mass is 32.2. The van der Waals surface area contributed by atoms with Gasteiger partial charge in [0.05, 0.1) is 19.1 Å². The van der Waals surface area contributed by atoms with Crippen molar-refractivity contribution in [1.29, 1.82) is 0 Å². The van der Waals surface area contributed by atoms with E-state index in [1.165, 1.54) is 41.3 Å². The monoisotopic (exact) mass is 711 g/mol. The first kappa shape index (κ1) is 36.4. The summed E-state index contributed by atoms with van der Waals surface area (Å²) in [5.41, 5.74) is 2.60. The molecule has 51 heavy (non-hydrogen) atoms. The second-order valence-corrected chi connectivity index (χ2v) is 13.1. The number of rotatable bonds is 16. The molecule has 1 atom stereocenters. The number of benzene rings is 5. The fourth-order valence-corrected chi connectivity index (χ4v) is 6.31. The van der Waals surface area contributed by atoms with Crippen molar-refractivity contribution in [1.82, 2.24) is 10.2 Å². The van der Waals surface area contributed by atoms with Gasteiger partial charge in [0.25, 0.3) is 15.9 Å². The van der Waals surface area contributed by atoms with Crippen LogP contribution in [0.25, 0.3) is 0 Å². The van der Waals surface area contributed by atoms with Crippen LogP contribution in [-0.4, -0.2) is 52.5 Å². The Morgan fingerprint density at radius 3 is 1.88 bits per heavy atom. The summed E-state index contributed by atoms with van der Waals surface area (Å²) >= 11 is 0. The summed E-state index contributed by atoms with van der Waals surface area (Å²) in [4.78, 5) is 29.4. The largest absolute Gasteiger partial charge is 0.497 e. The van der Waals surface area contributed by atoms with Crippen LogP contribution in [0.4, 0.5) is 10.1 Å². The summed E-state index contributed by atoms with van der Waals surface area (Å²) in [6.07, 6.45) is 0.567. The van der Waals surface area contributed by atoms with Crippen molar-refractivity contribution >= 4 is 27.5 Å². The summed E-state index contributed by atoms with van der Waals surface area (Å²) in [7, 11) is -0.806. The van der Waals surface area contributed by atoms with Gasteiger partial charge in [-0.15, -0.1) is 0 Å². The summed E-state index contributed by atoms with van der Waals surface area (Å²) in [5.74, 6) is 0.306. The molecule has 0 aliphatic rings. The van der Waals surface area contributed by atoms with Gasteiger partial charge in [-0.3, -0.25) is 14.3 Å². The van der Waals surface area contributed by atoms with Crippen molar-refractivity contribution in [3.8, 4) is 17.2 Å². The van der Waals surface area contributed by atoms with Crippen LogP contribution in [-0.2, 0) is 32.6 Å². The Balaban J connectivity index is 1.33. The van der Waals surface area contributed by atoms with Gasteiger partial charge in [-0.05, 0) is 95.9 Å². The topological polar surface area (TPSA) is 123 Å². The molecule has 0 aliphatic heterocycles. The molecular formula is C39H38FN3O7S. The lowest BCUT2D eigenvalue weighted by Gasteiger charge is -2.31. The lowest BCUT2D eigenvalue weighted by atomic mass is 10.0. The minimum Gasteiger partial charge on any atom is -0.497 e. The Morgan fingerprint density at radius 1 is 0.725 bits per heavy atom. The normalized spacial score (nSPS) is 11.6. The first-order valence-electron chi connectivity index (χ1n) is 16.0. The molecule has 12 heteroatoms. The molecule has 5 aromatic rings. The fraction of sp³-hybridized carbons (Fsp3) is 0.179. The SMILES string of the molecule is COc1ccc(CCNC(=O)[C@@H](c2ccccc2)N(Cc2ccc(OC)cc2)C(=O)COc2ccc(S(=O)(=O)Nc3ccc(F)cc3)cc2)cc1. The van der Waals surface area contributed by atoms with E-state index < -0.39 is 34.4 Å². The van der Waals surface area contributed by atoms with E-state index in [0.29, 0.717) is 24.3 Å². The molecule has 0 aliphatic carbocycles. The molecule has 0 heterocycles. The molecule has 5 rings (SSSR count). The van der Waals surface area contributed by atoms with E-state index in [4.69, 9.17) is 14.2 Å².